The van der Waals surface area contributed by atoms with Crippen molar-refractivity contribution in [2.75, 3.05) is 44.0 Å². The van der Waals surface area contributed by atoms with Crippen molar-refractivity contribution >= 4 is 23.4 Å². The van der Waals surface area contributed by atoms with Gasteiger partial charge in [-0.15, -0.1) is 0 Å². The van der Waals surface area contributed by atoms with Crippen molar-refractivity contribution in [1.29, 1.82) is 0 Å². The summed E-state index contributed by atoms with van der Waals surface area (Å²) in [6.07, 6.45) is 6.49. The highest BCUT2D eigenvalue weighted by Gasteiger charge is 2.41. The van der Waals surface area contributed by atoms with Gasteiger partial charge in [0.2, 0.25) is 5.75 Å². The Labute approximate surface area is 212 Å². The molecule has 0 atom stereocenters. The van der Waals surface area contributed by atoms with Crippen molar-refractivity contribution in [3.8, 4) is 11.5 Å². The van der Waals surface area contributed by atoms with Gasteiger partial charge < -0.3 is 34.9 Å². The number of pyridine rings is 2. The van der Waals surface area contributed by atoms with Crippen molar-refractivity contribution in [2.24, 2.45) is 5.41 Å². The lowest BCUT2D eigenvalue weighted by molar-refractivity contribution is 0.0511. The van der Waals surface area contributed by atoms with E-state index in [1.807, 2.05) is 26.8 Å². The number of nitrogens with one attached hydrogen (secondary N) is 2. The number of nitrogens with zero attached hydrogens (tertiary/aromatic N) is 3. The van der Waals surface area contributed by atoms with Crippen molar-refractivity contribution in [3.63, 3.8) is 0 Å². The smallest absolute Gasteiger partial charge is 0.410 e. The predicted octanol–water partition coefficient (Wildman–Crippen LogP) is 4.11. The van der Waals surface area contributed by atoms with Crippen LogP contribution in [0.3, 0.4) is 0 Å². The second kappa shape index (κ2) is 11.2. The minimum absolute atomic E-state index is 0.0121. The van der Waals surface area contributed by atoms with Crippen LogP contribution in [0.1, 0.15) is 45.1 Å². The number of piperidine rings is 1. The lowest BCUT2D eigenvalue weighted by atomic mass is 10.1. The predicted molar refractivity (Wildman–Crippen MR) is 137 cm³/mol. The number of amides is 1. The molecule has 1 saturated carbocycles. The average Bonchev–Trinajstić information content (AvgIpc) is 3.65. The Morgan fingerprint density at radius 3 is 2.64 bits per heavy atom. The van der Waals surface area contributed by atoms with Gasteiger partial charge in [-0.1, -0.05) is 0 Å². The number of aromatic nitrogens is 2. The summed E-state index contributed by atoms with van der Waals surface area (Å²) in [6.45, 7) is 7.78. The van der Waals surface area contributed by atoms with Gasteiger partial charge in [-0.25, -0.2) is 14.8 Å². The molecule has 36 heavy (non-hydrogen) atoms. The summed E-state index contributed by atoms with van der Waals surface area (Å²) in [7, 11) is 1.59. The standard InChI is InChI=1S/C26H37N5O5/c1-17(2)35-25(33)31-11-6-19(7-12-31)36-21-5-10-27-24(23(21)34-4)30-20-14-28-22(13-18(20)3)29-15-26(16-32)8-9-26/h5,10,13-14,17,19,32H,6-9,11-12,15-16H2,1-4H3,(H,27,30)(H,28,29). The Kier molecular flexibility index (Phi) is 8.03. The van der Waals surface area contributed by atoms with Gasteiger partial charge in [-0.05, 0) is 45.2 Å². The Balaban J connectivity index is 1.38. The number of likely N-dealkylation sites (tertiary alicyclic amines) is 1. The molecular weight excluding hydrogens is 462 g/mol. The highest BCUT2D eigenvalue weighted by Crippen LogP contribution is 2.45. The first-order valence-corrected chi connectivity index (χ1v) is 12.6. The summed E-state index contributed by atoms with van der Waals surface area (Å²) in [4.78, 5) is 22.8. The molecule has 1 saturated heterocycles. The van der Waals surface area contributed by atoms with Gasteiger partial charge in [-0.2, -0.15) is 0 Å². The van der Waals surface area contributed by atoms with Crippen molar-refractivity contribution in [1.82, 2.24) is 14.9 Å². The zero-order chi connectivity index (χ0) is 25.7. The Hall–Kier alpha value is -3.27. The first kappa shape index (κ1) is 25.8. The molecule has 1 aliphatic carbocycles. The van der Waals surface area contributed by atoms with E-state index in [4.69, 9.17) is 14.2 Å². The normalized spacial score (nSPS) is 17.0. The summed E-state index contributed by atoms with van der Waals surface area (Å²) in [5.41, 5.74) is 1.82. The number of hydrogen-bond donors (Lipinski definition) is 3. The van der Waals surface area contributed by atoms with Crippen LogP contribution in [-0.2, 0) is 4.74 Å². The minimum atomic E-state index is -0.276. The summed E-state index contributed by atoms with van der Waals surface area (Å²) in [5.74, 6) is 2.43. The number of rotatable bonds is 10. The first-order valence-electron chi connectivity index (χ1n) is 12.6. The van der Waals surface area contributed by atoms with Crippen molar-refractivity contribution in [2.45, 2.75) is 58.7 Å². The van der Waals surface area contributed by atoms with Crippen LogP contribution in [0.2, 0.25) is 0 Å². The van der Waals surface area contributed by atoms with Gasteiger partial charge in [0.1, 0.15) is 11.9 Å². The van der Waals surface area contributed by atoms with E-state index < -0.39 is 0 Å². The highest BCUT2D eigenvalue weighted by molar-refractivity contribution is 5.69. The fourth-order valence-corrected chi connectivity index (χ4v) is 4.18. The van der Waals surface area contributed by atoms with E-state index in [2.05, 4.69) is 20.6 Å². The third-order valence-electron chi connectivity index (χ3n) is 6.70. The number of carbonyl (C=O) groups excluding carboxylic acids is 1. The molecule has 2 fully saturated rings. The molecule has 1 amide bonds. The zero-order valence-electron chi connectivity index (χ0n) is 21.5. The molecule has 0 bridgehead atoms. The van der Waals surface area contributed by atoms with E-state index in [1.165, 1.54) is 0 Å². The van der Waals surface area contributed by atoms with Crippen molar-refractivity contribution in [3.05, 3.63) is 30.1 Å². The van der Waals surface area contributed by atoms with Crippen LogP contribution in [-0.4, -0.2) is 71.6 Å². The number of hydrogen-bond acceptors (Lipinski definition) is 9. The van der Waals surface area contributed by atoms with Crippen LogP contribution < -0.4 is 20.1 Å². The number of aliphatic hydroxyl groups is 1. The lowest BCUT2D eigenvalue weighted by Crippen LogP contribution is -2.42. The number of ether oxygens (including phenoxy) is 3. The topological polar surface area (TPSA) is 118 Å². The second-order valence-corrected chi connectivity index (χ2v) is 9.95. The first-order chi connectivity index (χ1) is 17.3. The molecule has 3 heterocycles. The van der Waals surface area contributed by atoms with Crippen LogP contribution >= 0.6 is 0 Å². The Morgan fingerprint density at radius 2 is 2.03 bits per heavy atom. The van der Waals surface area contributed by atoms with E-state index in [9.17, 15) is 9.90 Å². The molecule has 196 valence electrons. The molecule has 0 spiro atoms. The van der Waals surface area contributed by atoms with Crippen LogP contribution in [0.25, 0.3) is 0 Å². The molecule has 0 unspecified atom stereocenters. The van der Waals surface area contributed by atoms with Gasteiger partial charge >= 0.3 is 6.09 Å². The molecule has 2 aromatic rings. The molecule has 10 nitrogen and oxygen atoms in total. The van der Waals surface area contributed by atoms with Crippen LogP contribution in [0.5, 0.6) is 11.5 Å². The molecule has 1 aliphatic heterocycles. The van der Waals surface area contributed by atoms with Gasteiger partial charge in [0.05, 0.1) is 31.7 Å². The third kappa shape index (κ3) is 6.29. The molecule has 0 aromatic carbocycles. The number of carbonyl (C=O) groups is 1. The van der Waals surface area contributed by atoms with Gasteiger partial charge in [0.15, 0.2) is 11.6 Å². The number of methoxy groups -OCH3 is 1. The fourth-order valence-electron chi connectivity index (χ4n) is 4.18. The molecule has 4 rings (SSSR count). The number of aryl methyl sites for hydroxylation is 1. The van der Waals surface area contributed by atoms with Gasteiger partial charge in [-0.3, -0.25) is 0 Å². The molecule has 0 radical (unpaired) electrons. The second-order valence-electron chi connectivity index (χ2n) is 9.95. The summed E-state index contributed by atoms with van der Waals surface area (Å²) < 4.78 is 17.2. The van der Waals surface area contributed by atoms with Crippen LogP contribution in [0, 0.1) is 12.3 Å². The molecule has 3 N–H and O–H groups in total. The van der Waals surface area contributed by atoms with E-state index >= 15 is 0 Å². The van der Waals surface area contributed by atoms with E-state index in [1.54, 1.807) is 30.5 Å². The maximum atomic E-state index is 12.1. The highest BCUT2D eigenvalue weighted by atomic mass is 16.6. The lowest BCUT2D eigenvalue weighted by Gasteiger charge is -2.32. The monoisotopic (exact) mass is 499 g/mol. The number of anilines is 3. The molecule has 2 aromatic heterocycles. The maximum absolute atomic E-state index is 12.1. The van der Waals surface area contributed by atoms with E-state index in [0.717, 1.165) is 36.5 Å². The van der Waals surface area contributed by atoms with Crippen LogP contribution in [0.15, 0.2) is 24.5 Å². The molecule has 2 aliphatic rings. The van der Waals surface area contributed by atoms with Crippen molar-refractivity contribution < 1.29 is 24.1 Å². The maximum Gasteiger partial charge on any atom is 0.410 e. The SMILES string of the molecule is COc1c(OC2CCN(C(=O)OC(C)C)CC2)ccnc1Nc1cnc(NCC2(CO)CC2)cc1C. The summed E-state index contributed by atoms with van der Waals surface area (Å²) in [6, 6.07) is 3.76. The van der Waals surface area contributed by atoms with Gasteiger partial charge in [0.25, 0.3) is 0 Å². The minimum Gasteiger partial charge on any atom is -0.490 e. The third-order valence-corrected chi connectivity index (χ3v) is 6.70. The fraction of sp³-hybridized carbons (Fsp3) is 0.577. The molecular formula is C26H37N5O5. The Bertz CT molecular complexity index is 1050. The quantitative estimate of drug-likeness (QED) is 0.444. The zero-order valence-corrected chi connectivity index (χ0v) is 21.5. The summed E-state index contributed by atoms with van der Waals surface area (Å²) >= 11 is 0. The van der Waals surface area contributed by atoms with Crippen LogP contribution in [0.4, 0.5) is 22.1 Å². The van der Waals surface area contributed by atoms with Gasteiger partial charge in [0, 0.05) is 50.2 Å². The van der Waals surface area contributed by atoms with E-state index in [0.29, 0.717) is 43.2 Å². The molecule has 10 heteroatoms. The Morgan fingerprint density at radius 1 is 1.28 bits per heavy atom. The largest absolute Gasteiger partial charge is 0.490 e. The number of aliphatic hydroxyl groups excluding tert-OH is 1. The average molecular weight is 500 g/mol. The van der Waals surface area contributed by atoms with E-state index in [-0.39, 0.29) is 30.3 Å². The summed E-state index contributed by atoms with van der Waals surface area (Å²) in [5, 5.41) is 16.2.